The first-order valence-corrected chi connectivity index (χ1v) is 6.47. The largest absolute Gasteiger partial charge is 0.236 e. The highest BCUT2D eigenvalue weighted by molar-refractivity contribution is 7.15. The third-order valence-corrected chi connectivity index (χ3v) is 3.80. The molecule has 0 aromatic carbocycles. The molecular formula is C13H16N2S. The van der Waals surface area contributed by atoms with E-state index < -0.39 is 0 Å². The van der Waals surface area contributed by atoms with Crippen molar-refractivity contribution in [2.75, 3.05) is 0 Å². The molecule has 16 heavy (non-hydrogen) atoms. The normalized spacial score (nSPS) is 12.6. The van der Waals surface area contributed by atoms with Crippen LogP contribution in [0.5, 0.6) is 0 Å². The summed E-state index contributed by atoms with van der Waals surface area (Å²) >= 11 is 1.80. The molecule has 2 rings (SSSR count). The first-order valence-electron chi connectivity index (χ1n) is 5.65. The predicted molar refractivity (Wildman–Crippen MR) is 68.5 cm³/mol. The molecule has 1 atom stereocenters. The molecule has 84 valence electrons. The fraction of sp³-hybridized carbons (Fsp3) is 0.385. The molecular weight excluding hydrogens is 216 g/mol. The second-order valence-electron chi connectivity index (χ2n) is 4.06. The van der Waals surface area contributed by atoms with Crippen LogP contribution in [-0.4, -0.2) is 9.97 Å². The molecule has 0 aliphatic rings. The van der Waals surface area contributed by atoms with Gasteiger partial charge in [-0.15, -0.1) is 11.3 Å². The Kier molecular flexibility index (Phi) is 3.67. The van der Waals surface area contributed by atoms with Crippen molar-refractivity contribution in [2.24, 2.45) is 5.92 Å². The molecule has 0 aliphatic carbocycles. The van der Waals surface area contributed by atoms with Gasteiger partial charge in [-0.05, 0) is 30.5 Å². The maximum atomic E-state index is 4.26. The van der Waals surface area contributed by atoms with E-state index in [1.807, 2.05) is 6.07 Å². The van der Waals surface area contributed by atoms with Crippen molar-refractivity contribution in [3.63, 3.8) is 0 Å². The van der Waals surface area contributed by atoms with Gasteiger partial charge < -0.3 is 0 Å². The van der Waals surface area contributed by atoms with Gasteiger partial charge in [-0.2, -0.15) is 0 Å². The lowest BCUT2D eigenvalue weighted by Crippen LogP contribution is -1.94. The van der Waals surface area contributed by atoms with Crippen LogP contribution in [0.25, 0.3) is 10.7 Å². The molecule has 0 radical (unpaired) electrons. The summed E-state index contributed by atoms with van der Waals surface area (Å²) < 4.78 is 0. The lowest BCUT2D eigenvalue weighted by Gasteiger charge is -2.04. The molecule has 0 N–H and O–H groups in total. The molecule has 0 bridgehead atoms. The highest BCUT2D eigenvalue weighted by Gasteiger charge is 2.07. The minimum atomic E-state index is 0.753. The van der Waals surface area contributed by atoms with Crippen molar-refractivity contribution in [3.05, 3.63) is 35.5 Å². The highest BCUT2D eigenvalue weighted by Crippen LogP contribution is 2.27. The third kappa shape index (κ3) is 2.67. The molecule has 0 aliphatic heterocycles. The monoisotopic (exact) mass is 232 g/mol. The van der Waals surface area contributed by atoms with Gasteiger partial charge in [0, 0.05) is 17.3 Å². The van der Waals surface area contributed by atoms with Gasteiger partial charge in [-0.3, -0.25) is 0 Å². The fourth-order valence-electron chi connectivity index (χ4n) is 1.52. The number of aromatic nitrogens is 2. The van der Waals surface area contributed by atoms with E-state index in [0.29, 0.717) is 0 Å². The highest BCUT2D eigenvalue weighted by atomic mass is 32.1. The Morgan fingerprint density at radius 2 is 2.00 bits per heavy atom. The van der Waals surface area contributed by atoms with Gasteiger partial charge in [0.25, 0.3) is 0 Å². The molecule has 2 heterocycles. The van der Waals surface area contributed by atoms with Gasteiger partial charge >= 0.3 is 0 Å². The summed E-state index contributed by atoms with van der Waals surface area (Å²) in [6.45, 7) is 4.53. The Bertz CT molecular complexity index is 436. The summed E-state index contributed by atoms with van der Waals surface area (Å²) in [5.41, 5.74) is 0. The first kappa shape index (κ1) is 11.3. The summed E-state index contributed by atoms with van der Waals surface area (Å²) in [4.78, 5) is 11.1. The van der Waals surface area contributed by atoms with Crippen LogP contribution < -0.4 is 0 Å². The number of hydrogen-bond acceptors (Lipinski definition) is 3. The van der Waals surface area contributed by atoms with E-state index in [0.717, 1.165) is 18.2 Å². The SMILES string of the molecule is CCC(C)Cc1ccc(-c2ncccn2)s1. The van der Waals surface area contributed by atoms with Crippen LogP contribution in [0.2, 0.25) is 0 Å². The first-order chi connectivity index (χ1) is 7.79. The van der Waals surface area contributed by atoms with Gasteiger partial charge in [0.2, 0.25) is 0 Å². The van der Waals surface area contributed by atoms with Crippen molar-refractivity contribution in [2.45, 2.75) is 26.7 Å². The molecule has 0 spiro atoms. The van der Waals surface area contributed by atoms with Crippen LogP contribution in [0.4, 0.5) is 0 Å². The van der Waals surface area contributed by atoms with E-state index in [9.17, 15) is 0 Å². The summed E-state index contributed by atoms with van der Waals surface area (Å²) in [6.07, 6.45) is 5.97. The molecule has 0 amide bonds. The van der Waals surface area contributed by atoms with Crippen LogP contribution in [0.1, 0.15) is 25.1 Å². The molecule has 3 heteroatoms. The molecule has 1 unspecified atom stereocenters. The van der Waals surface area contributed by atoms with Crippen molar-refractivity contribution in [3.8, 4) is 10.7 Å². The number of hydrogen-bond donors (Lipinski definition) is 0. The fourth-order valence-corrected chi connectivity index (χ4v) is 2.64. The van der Waals surface area contributed by atoms with Crippen molar-refractivity contribution in [1.82, 2.24) is 9.97 Å². The standard InChI is InChI=1S/C13H16N2S/c1-3-10(2)9-11-5-6-12(16-11)13-14-7-4-8-15-13/h4-8,10H,3,9H2,1-2H3. The van der Waals surface area contributed by atoms with Crippen molar-refractivity contribution in [1.29, 1.82) is 0 Å². The molecule has 0 saturated heterocycles. The Morgan fingerprint density at radius 1 is 1.25 bits per heavy atom. The van der Waals surface area contributed by atoms with Gasteiger partial charge in [-0.1, -0.05) is 20.3 Å². The third-order valence-electron chi connectivity index (χ3n) is 2.69. The Balaban J connectivity index is 2.14. The maximum absolute atomic E-state index is 4.26. The maximum Gasteiger partial charge on any atom is 0.169 e. The van der Waals surface area contributed by atoms with Crippen LogP contribution in [0.3, 0.4) is 0 Å². The smallest absolute Gasteiger partial charge is 0.169 e. The van der Waals surface area contributed by atoms with Gasteiger partial charge in [-0.25, -0.2) is 9.97 Å². The summed E-state index contributed by atoms with van der Waals surface area (Å²) in [5.74, 6) is 1.59. The second-order valence-corrected chi connectivity index (χ2v) is 5.22. The lowest BCUT2D eigenvalue weighted by molar-refractivity contribution is 0.565. The van der Waals surface area contributed by atoms with Crippen molar-refractivity contribution >= 4 is 11.3 Å². The van der Waals surface area contributed by atoms with E-state index in [2.05, 4.69) is 35.9 Å². The van der Waals surface area contributed by atoms with Gasteiger partial charge in [0.05, 0.1) is 4.88 Å². The minimum absolute atomic E-state index is 0.753. The van der Waals surface area contributed by atoms with E-state index in [-0.39, 0.29) is 0 Å². The van der Waals surface area contributed by atoms with Crippen LogP contribution in [0.15, 0.2) is 30.6 Å². The minimum Gasteiger partial charge on any atom is -0.236 e. The van der Waals surface area contributed by atoms with Crippen LogP contribution in [0, 0.1) is 5.92 Å². The average Bonchev–Trinajstić information content (AvgIpc) is 2.78. The Labute approximate surface area is 100 Å². The lowest BCUT2D eigenvalue weighted by atomic mass is 10.0. The molecule has 2 aromatic rings. The van der Waals surface area contributed by atoms with Crippen molar-refractivity contribution < 1.29 is 0 Å². The summed E-state index contributed by atoms with van der Waals surface area (Å²) in [5, 5.41) is 0. The average molecular weight is 232 g/mol. The van der Waals surface area contributed by atoms with Crippen LogP contribution >= 0.6 is 11.3 Å². The van der Waals surface area contributed by atoms with E-state index in [4.69, 9.17) is 0 Å². The van der Waals surface area contributed by atoms with E-state index >= 15 is 0 Å². The molecule has 0 saturated carbocycles. The second kappa shape index (κ2) is 5.21. The summed E-state index contributed by atoms with van der Waals surface area (Å²) in [6, 6.07) is 6.16. The Hall–Kier alpha value is -1.22. The van der Waals surface area contributed by atoms with Gasteiger partial charge in [0.1, 0.15) is 0 Å². The van der Waals surface area contributed by atoms with E-state index in [1.165, 1.54) is 16.2 Å². The predicted octanol–water partition coefficient (Wildman–Crippen LogP) is 3.79. The zero-order valence-corrected chi connectivity index (χ0v) is 10.5. The zero-order chi connectivity index (χ0) is 11.4. The number of rotatable bonds is 4. The topological polar surface area (TPSA) is 25.8 Å². The molecule has 0 fully saturated rings. The van der Waals surface area contributed by atoms with Crippen LogP contribution in [-0.2, 0) is 6.42 Å². The molecule has 2 nitrogen and oxygen atoms in total. The molecule has 2 aromatic heterocycles. The summed E-state index contributed by atoms with van der Waals surface area (Å²) in [7, 11) is 0. The quantitative estimate of drug-likeness (QED) is 0.801. The zero-order valence-electron chi connectivity index (χ0n) is 9.68. The van der Waals surface area contributed by atoms with E-state index in [1.54, 1.807) is 23.7 Å². The Morgan fingerprint density at radius 3 is 2.69 bits per heavy atom. The van der Waals surface area contributed by atoms with Gasteiger partial charge in [0.15, 0.2) is 5.82 Å². The number of nitrogens with zero attached hydrogens (tertiary/aromatic N) is 2. The number of thiophene rings is 1.